The maximum absolute atomic E-state index is 14.8. The Morgan fingerprint density at radius 3 is 2.33 bits per heavy atom. The van der Waals surface area contributed by atoms with Gasteiger partial charge in [-0.2, -0.15) is 0 Å². The molecule has 0 spiro atoms. The molecule has 0 unspecified atom stereocenters. The van der Waals surface area contributed by atoms with Gasteiger partial charge in [0.05, 0.1) is 83.2 Å². The monoisotopic (exact) mass is 1100 g/mol. The molecule has 76 heavy (non-hydrogen) atoms. The van der Waals surface area contributed by atoms with E-state index in [2.05, 4.69) is 22.0 Å². The van der Waals surface area contributed by atoms with Gasteiger partial charge in [-0.15, -0.1) is 5.10 Å². The standard InChI is InChI=1S/C54H86FN5O15S/c1-15-42-54(11,64)49-33(5)44(57-65)31(3)24-53(10,70-29-30(2)28-69-49)48(34(6)46(35(7)50(63)73-42)74-43-25-52(9,68-13)47(62)36(8)72-43)75-51-45(61)41(22-32(4)71-51)59(12)21-20-38-27-60(58-56-38)39(26-55)23-37-16-18-40(19-17-37)76(14,66)67/h16-19,27,31-36,39,41-43,45-49,51,61-62,64-65H,2,15,20-26,28-29H2,1,3-14H3/b57-44+/t31-,32-,33+,34+,35-,36+,39+,41+,42-,43+,45-,46+,47+,48-,49-,51+,52-,53-,54-/m1/s1. The maximum Gasteiger partial charge on any atom is 0.311 e. The second kappa shape index (κ2) is 25.3. The average Bonchev–Trinajstić information content (AvgIpc) is 3.84. The molecule has 0 aliphatic carbocycles. The van der Waals surface area contributed by atoms with Gasteiger partial charge in [0.15, 0.2) is 22.4 Å². The molecule has 4 N–H and O–H groups in total. The van der Waals surface area contributed by atoms with Crippen molar-refractivity contribution in [2.24, 2.45) is 28.8 Å². The zero-order chi connectivity index (χ0) is 56.2. The number of hydrogen-bond acceptors (Lipinski definition) is 19. The second-order valence-electron chi connectivity index (χ2n) is 22.8. The number of aliphatic hydroxyl groups is 3. The Morgan fingerprint density at radius 2 is 1.71 bits per heavy atom. The summed E-state index contributed by atoms with van der Waals surface area (Å²) in [6.45, 7) is 21.6. The highest BCUT2D eigenvalue weighted by atomic mass is 32.2. The summed E-state index contributed by atoms with van der Waals surface area (Å²) in [7, 11) is -0.00372. The van der Waals surface area contributed by atoms with Crippen LogP contribution in [0.1, 0.15) is 112 Å². The van der Waals surface area contributed by atoms with Crippen molar-refractivity contribution in [3.63, 3.8) is 0 Å². The van der Waals surface area contributed by atoms with Crippen LogP contribution < -0.4 is 0 Å². The maximum atomic E-state index is 14.8. The summed E-state index contributed by atoms with van der Waals surface area (Å²) < 4.78 is 92.5. The summed E-state index contributed by atoms with van der Waals surface area (Å²) in [5.41, 5.74) is -2.08. The number of oxime groups is 1. The van der Waals surface area contributed by atoms with Crippen molar-refractivity contribution >= 4 is 21.5 Å². The lowest BCUT2D eigenvalue weighted by atomic mass is 9.73. The Kier molecular flexibility index (Phi) is 20.5. The van der Waals surface area contributed by atoms with E-state index >= 15 is 0 Å². The molecule has 19 atom stereocenters. The van der Waals surface area contributed by atoms with Gasteiger partial charge in [0.25, 0.3) is 0 Å². The third kappa shape index (κ3) is 13.9. The predicted octanol–water partition coefficient (Wildman–Crippen LogP) is 5.03. The van der Waals surface area contributed by atoms with Crippen molar-refractivity contribution in [2.45, 2.75) is 203 Å². The number of likely N-dealkylation sites (N-methyl/N-ethyl adjacent to an activating group) is 1. The van der Waals surface area contributed by atoms with Crippen LogP contribution in [-0.2, 0) is 65.4 Å². The van der Waals surface area contributed by atoms with E-state index in [-0.39, 0.29) is 43.8 Å². The molecule has 6 rings (SSSR count). The number of sulfone groups is 1. The number of aliphatic hydroxyl groups excluding tert-OH is 2. The molecular weight excluding hydrogens is 1010 g/mol. The second-order valence-corrected chi connectivity index (χ2v) is 24.8. The van der Waals surface area contributed by atoms with Crippen LogP contribution in [0.15, 0.2) is 52.7 Å². The van der Waals surface area contributed by atoms with Crippen LogP contribution in [0.4, 0.5) is 4.39 Å². The van der Waals surface area contributed by atoms with Crippen molar-refractivity contribution in [1.82, 2.24) is 19.9 Å². The summed E-state index contributed by atoms with van der Waals surface area (Å²) in [6, 6.07) is 5.15. The van der Waals surface area contributed by atoms with Crippen molar-refractivity contribution in [2.75, 3.05) is 46.8 Å². The molecule has 0 radical (unpaired) electrons. The number of aromatic nitrogens is 3. The number of methoxy groups -OCH3 is 1. The van der Waals surface area contributed by atoms with Gasteiger partial charge in [-0.05, 0) is 97.5 Å². The molecule has 22 heteroatoms. The quantitative estimate of drug-likeness (QED) is 0.0790. The normalized spacial score (nSPS) is 39.5. The average molecular weight is 1100 g/mol. The van der Waals surface area contributed by atoms with Gasteiger partial charge in [-0.25, -0.2) is 17.5 Å². The number of halogens is 1. The van der Waals surface area contributed by atoms with Gasteiger partial charge in [0.2, 0.25) is 0 Å². The molecule has 2 bridgehead atoms. The molecule has 5 heterocycles. The van der Waals surface area contributed by atoms with Gasteiger partial charge in [-0.3, -0.25) is 4.79 Å². The Labute approximate surface area is 448 Å². The number of benzene rings is 1. The SMILES string of the molecule is C=C1CO[C@@H]2[C@@H](C)/C(=N/O)[C@H](C)C[C@@](C)(OC1)[C@H](O[C@@H]1O[C@H](C)C[C@H](N(C)CCc3cn([C@H](CF)Cc4ccc(S(C)(=O)=O)cc4)nn3)[C@H]1O)[C@@H](C)[C@H](O[C@H]1C[C@@](C)(OC)[C@@H](O)[C@H](C)O1)[C@@H](C)C(=O)O[C@H](CC)[C@@]2(C)O. The van der Waals surface area contributed by atoms with Crippen LogP contribution in [-0.4, -0.2) is 192 Å². The molecule has 4 aliphatic rings. The van der Waals surface area contributed by atoms with E-state index in [1.165, 1.54) is 23.9 Å². The minimum atomic E-state index is -3.38. The van der Waals surface area contributed by atoms with E-state index in [9.17, 15) is 38.1 Å². The number of fused-ring (bicyclic) bond motifs is 5. The van der Waals surface area contributed by atoms with Gasteiger partial charge in [-0.1, -0.05) is 56.8 Å². The van der Waals surface area contributed by atoms with Gasteiger partial charge in [0, 0.05) is 62.7 Å². The molecule has 1 aromatic carbocycles. The lowest BCUT2D eigenvalue weighted by Crippen LogP contribution is -2.62. The molecule has 4 aliphatic heterocycles. The minimum absolute atomic E-state index is 0.0310. The van der Waals surface area contributed by atoms with E-state index in [1.807, 2.05) is 39.6 Å². The molecule has 1 aromatic heterocycles. The number of rotatable bonds is 15. The van der Waals surface area contributed by atoms with Crippen molar-refractivity contribution in [1.29, 1.82) is 0 Å². The fraction of sp³-hybridized carbons (Fsp3) is 0.778. The third-order valence-corrected chi connectivity index (χ3v) is 17.7. The van der Waals surface area contributed by atoms with Gasteiger partial charge in [0.1, 0.15) is 30.6 Å². The number of nitrogens with zero attached hydrogens (tertiary/aromatic N) is 5. The zero-order valence-electron chi connectivity index (χ0n) is 46.7. The van der Waals surface area contributed by atoms with Gasteiger partial charge < -0.3 is 63.3 Å². The van der Waals surface area contributed by atoms with Crippen molar-refractivity contribution in [3.05, 3.63) is 53.9 Å². The highest BCUT2D eigenvalue weighted by Gasteiger charge is 2.55. The van der Waals surface area contributed by atoms with Crippen LogP contribution in [0.3, 0.4) is 0 Å². The van der Waals surface area contributed by atoms with Crippen LogP contribution in [0, 0.1) is 23.7 Å². The molecule has 2 aromatic rings. The van der Waals surface area contributed by atoms with E-state index in [0.29, 0.717) is 36.4 Å². The predicted molar refractivity (Wildman–Crippen MR) is 278 cm³/mol. The Bertz CT molecular complexity index is 2400. The molecule has 0 saturated carbocycles. The molecular formula is C54H86FN5O15S. The summed E-state index contributed by atoms with van der Waals surface area (Å²) in [4.78, 5) is 16.9. The third-order valence-electron chi connectivity index (χ3n) is 16.5. The number of alkyl halides is 1. The minimum Gasteiger partial charge on any atom is -0.459 e. The molecule has 20 nitrogen and oxygen atoms in total. The molecule has 0 amide bonds. The number of ether oxygens (including phenoxy) is 8. The van der Waals surface area contributed by atoms with Crippen LogP contribution in [0.25, 0.3) is 0 Å². The summed E-state index contributed by atoms with van der Waals surface area (Å²) in [6.07, 6.45) is -5.64. The topological polar surface area (TPSA) is 252 Å². The zero-order valence-corrected chi connectivity index (χ0v) is 47.5. The summed E-state index contributed by atoms with van der Waals surface area (Å²) >= 11 is 0. The van der Waals surface area contributed by atoms with Crippen LogP contribution in [0.2, 0.25) is 0 Å². The summed E-state index contributed by atoms with van der Waals surface area (Å²) in [5, 5.41) is 59.4. The van der Waals surface area contributed by atoms with Crippen LogP contribution >= 0.6 is 0 Å². The number of carbonyl (C=O) groups excluding carboxylic acids is 1. The number of cyclic esters (lactones) is 1. The van der Waals surface area contributed by atoms with Crippen molar-refractivity contribution in [3.8, 4) is 0 Å². The summed E-state index contributed by atoms with van der Waals surface area (Å²) in [5.74, 6) is -3.83. The lowest BCUT2D eigenvalue weighted by Gasteiger charge is -2.50. The first-order valence-electron chi connectivity index (χ1n) is 26.7. The first-order chi connectivity index (χ1) is 35.6. The molecule has 4 fully saturated rings. The fourth-order valence-electron chi connectivity index (χ4n) is 11.9. The first-order valence-corrected chi connectivity index (χ1v) is 28.6. The Morgan fingerprint density at radius 1 is 1.03 bits per heavy atom. The number of esters is 1. The number of carbonyl (C=O) groups is 1. The van der Waals surface area contributed by atoms with Crippen LogP contribution in [0.5, 0.6) is 0 Å². The lowest BCUT2D eigenvalue weighted by molar-refractivity contribution is -0.320. The largest absolute Gasteiger partial charge is 0.459 e. The van der Waals surface area contributed by atoms with E-state index < -0.39 is 136 Å². The Hall–Kier alpha value is -3.52. The van der Waals surface area contributed by atoms with E-state index in [0.717, 1.165) is 11.8 Å². The van der Waals surface area contributed by atoms with E-state index in [1.54, 1.807) is 59.9 Å². The van der Waals surface area contributed by atoms with Crippen molar-refractivity contribution < 1.29 is 76.0 Å². The number of hydrogen-bond donors (Lipinski definition) is 4. The van der Waals surface area contributed by atoms with Gasteiger partial charge >= 0.3 is 5.97 Å². The Balaban J connectivity index is 1.34. The highest BCUT2D eigenvalue weighted by Crippen LogP contribution is 2.43. The van der Waals surface area contributed by atoms with E-state index in [4.69, 9.17) is 37.9 Å². The fourth-order valence-corrected chi connectivity index (χ4v) is 12.5. The molecule has 430 valence electrons. The molecule has 4 saturated heterocycles. The smallest absolute Gasteiger partial charge is 0.311 e. The highest BCUT2D eigenvalue weighted by molar-refractivity contribution is 7.90. The first kappa shape index (κ1) is 61.7.